The lowest BCUT2D eigenvalue weighted by molar-refractivity contribution is -0.146. The first-order valence-corrected chi connectivity index (χ1v) is 4.35. The Morgan fingerprint density at radius 2 is 1.93 bits per heavy atom. The SMILES string of the molecule is N=C(N)c1ccc(C[C@H](O)C(=O)O)cc1. The third-order valence-electron chi connectivity index (χ3n) is 1.98. The van der Waals surface area contributed by atoms with Crippen molar-refractivity contribution in [3.63, 3.8) is 0 Å². The number of hydrogen-bond acceptors (Lipinski definition) is 3. The second kappa shape index (κ2) is 4.56. The number of aliphatic hydroxyl groups excluding tert-OH is 1. The van der Waals surface area contributed by atoms with E-state index in [-0.39, 0.29) is 12.3 Å². The van der Waals surface area contributed by atoms with Gasteiger partial charge in [0.25, 0.3) is 0 Å². The number of carbonyl (C=O) groups is 1. The molecule has 1 aromatic rings. The average Bonchev–Trinajstić information content (AvgIpc) is 2.18. The van der Waals surface area contributed by atoms with Crippen LogP contribution in [0.25, 0.3) is 0 Å². The van der Waals surface area contributed by atoms with Gasteiger partial charge < -0.3 is 15.9 Å². The zero-order chi connectivity index (χ0) is 11.4. The molecule has 0 heterocycles. The maximum atomic E-state index is 10.4. The summed E-state index contributed by atoms with van der Waals surface area (Å²) in [6.07, 6.45) is -1.35. The Morgan fingerprint density at radius 1 is 1.40 bits per heavy atom. The minimum Gasteiger partial charge on any atom is -0.479 e. The smallest absolute Gasteiger partial charge is 0.332 e. The number of nitrogen functional groups attached to an aromatic ring is 1. The van der Waals surface area contributed by atoms with Crippen molar-refractivity contribution in [2.75, 3.05) is 0 Å². The molecule has 1 rings (SSSR count). The maximum Gasteiger partial charge on any atom is 0.332 e. The number of carboxylic acid groups (broad SMARTS) is 1. The van der Waals surface area contributed by atoms with Crippen LogP contribution in [-0.4, -0.2) is 28.1 Å². The monoisotopic (exact) mass is 208 g/mol. The van der Waals surface area contributed by atoms with E-state index >= 15 is 0 Å². The molecule has 0 aliphatic carbocycles. The lowest BCUT2D eigenvalue weighted by atomic mass is 10.1. The van der Waals surface area contributed by atoms with Crippen LogP contribution < -0.4 is 5.73 Å². The van der Waals surface area contributed by atoms with Crippen molar-refractivity contribution in [2.24, 2.45) is 5.73 Å². The molecule has 5 heteroatoms. The third kappa shape index (κ3) is 3.07. The number of nitrogens with one attached hydrogen (secondary N) is 1. The van der Waals surface area contributed by atoms with Crippen LogP contribution in [0.5, 0.6) is 0 Å². The van der Waals surface area contributed by atoms with Gasteiger partial charge in [0.05, 0.1) is 0 Å². The summed E-state index contributed by atoms with van der Waals surface area (Å²) in [5, 5.41) is 24.7. The summed E-state index contributed by atoms with van der Waals surface area (Å²) in [6.45, 7) is 0. The van der Waals surface area contributed by atoms with Crippen molar-refractivity contribution in [1.82, 2.24) is 0 Å². The summed E-state index contributed by atoms with van der Waals surface area (Å²) < 4.78 is 0. The zero-order valence-electron chi connectivity index (χ0n) is 7.97. The molecule has 1 atom stereocenters. The summed E-state index contributed by atoms with van der Waals surface area (Å²) in [6, 6.07) is 6.52. The molecule has 0 aromatic heterocycles. The van der Waals surface area contributed by atoms with E-state index in [2.05, 4.69) is 0 Å². The van der Waals surface area contributed by atoms with Gasteiger partial charge in [-0.05, 0) is 5.56 Å². The lowest BCUT2D eigenvalue weighted by Crippen LogP contribution is -2.22. The van der Waals surface area contributed by atoms with Gasteiger partial charge in [0.1, 0.15) is 5.84 Å². The van der Waals surface area contributed by atoms with Crippen molar-refractivity contribution in [3.05, 3.63) is 35.4 Å². The van der Waals surface area contributed by atoms with Gasteiger partial charge in [-0.15, -0.1) is 0 Å². The molecule has 0 spiro atoms. The van der Waals surface area contributed by atoms with E-state index in [1.165, 1.54) is 0 Å². The summed E-state index contributed by atoms with van der Waals surface area (Å²) in [7, 11) is 0. The Kier molecular flexibility index (Phi) is 3.41. The predicted molar refractivity (Wildman–Crippen MR) is 54.8 cm³/mol. The van der Waals surface area contributed by atoms with Gasteiger partial charge >= 0.3 is 5.97 Å². The number of aliphatic hydroxyl groups is 1. The number of amidine groups is 1. The maximum absolute atomic E-state index is 10.4. The van der Waals surface area contributed by atoms with Gasteiger partial charge in [0.2, 0.25) is 0 Å². The van der Waals surface area contributed by atoms with Crippen LogP contribution >= 0.6 is 0 Å². The van der Waals surface area contributed by atoms with E-state index in [1.54, 1.807) is 24.3 Å². The standard InChI is InChI=1S/C10H12N2O3/c11-9(12)7-3-1-6(2-4-7)5-8(13)10(14)15/h1-4,8,13H,5H2,(H3,11,12)(H,14,15)/t8-/m0/s1. The van der Waals surface area contributed by atoms with Crippen LogP contribution in [0.15, 0.2) is 24.3 Å². The Morgan fingerprint density at radius 3 is 2.33 bits per heavy atom. The molecule has 0 aliphatic heterocycles. The molecule has 0 fully saturated rings. The number of rotatable bonds is 4. The second-order valence-electron chi connectivity index (χ2n) is 3.17. The van der Waals surface area contributed by atoms with Crippen LogP contribution in [0.4, 0.5) is 0 Å². The number of nitrogens with two attached hydrogens (primary N) is 1. The number of hydrogen-bond donors (Lipinski definition) is 4. The normalized spacial score (nSPS) is 12.1. The fraction of sp³-hybridized carbons (Fsp3) is 0.200. The first-order chi connectivity index (χ1) is 7.00. The molecule has 5 N–H and O–H groups in total. The fourth-order valence-corrected chi connectivity index (χ4v) is 1.13. The molecule has 0 aliphatic rings. The molecule has 0 amide bonds. The van der Waals surface area contributed by atoms with Crippen LogP contribution in [0.2, 0.25) is 0 Å². The first-order valence-electron chi connectivity index (χ1n) is 4.35. The van der Waals surface area contributed by atoms with E-state index < -0.39 is 12.1 Å². The molecule has 5 nitrogen and oxygen atoms in total. The lowest BCUT2D eigenvalue weighted by Gasteiger charge is -2.06. The van der Waals surface area contributed by atoms with Gasteiger partial charge in [-0.25, -0.2) is 4.79 Å². The van der Waals surface area contributed by atoms with Crippen molar-refractivity contribution < 1.29 is 15.0 Å². The second-order valence-corrected chi connectivity index (χ2v) is 3.17. The number of benzene rings is 1. The molecule has 0 unspecified atom stereocenters. The molecule has 0 bridgehead atoms. The molecule has 0 saturated carbocycles. The van der Waals surface area contributed by atoms with Crippen molar-refractivity contribution in [2.45, 2.75) is 12.5 Å². The Labute approximate surface area is 86.7 Å². The highest BCUT2D eigenvalue weighted by Crippen LogP contribution is 2.06. The van der Waals surface area contributed by atoms with Gasteiger partial charge in [0.15, 0.2) is 6.10 Å². The first kappa shape index (κ1) is 11.2. The largest absolute Gasteiger partial charge is 0.479 e. The van der Waals surface area contributed by atoms with Crippen molar-refractivity contribution in [3.8, 4) is 0 Å². The zero-order valence-corrected chi connectivity index (χ0v) is 7.97. The summed E-state index contributed by atoms with van der Waals surface area (Å²) >= 11 is 0. The van der Waals surface area contributed by atoms with E-state index in [0.29, 0.717) is 11.1 Å². The van der Waals surface area contributed by atoms with Gasteiger partial charge in [-0.3, -0.25) is 5.41 Å². The predicted octanol–water partition coefficient (Wildman–Crippen LogP) is -0.0413. The van der Waals surface area contributed by atoms with Gasteiger partial charge in [-0.1, -0.05) is 24.3 Å². The Hall–Kier alpha value is -1.88. The highest BCUT2D eigenvalue weighted by Gasteiger charge is 2.13. The molecule has 0 saturated heterocycles. The quantitative estimate of drug-likeness (QED) is 0.411. The highest BCUT2D eigenvalue weighted by atomic mass is 16.4. The average molecular weight is 208 g/mol. The molecular formula is C10H12N2O3. The van der Waals surface area contributed by atoms with Crippen LogP contribution in [0.1, 0.15) is 11.1 Å². The summed E-state index contributed by atoms with van der Waals surface area (Å²) in [5.41, 5.74) is 6.52. The fourth-order valence-electron chi connectivity index (χ4n) is 1.13. The summed E-state index contributed by atoms with van der Waals surface area (Å²) in [4.78, 5) is 10.4. The van der Waals surface area contributed by atoms with E-state index in [4.69, 9.17) is 21.4 Å². The van der Waals surface area contributed by atoms with E-state index in [1.807, 2.05) is 0 Å². The number of aliphatic carboxylic acids is 1. The summed E-state index contributed by atoms with van der Waals surface area (Å²) in [5.74, 6) is -1.29. The van der Waals surface area contributed by atoms with Crippen molar-refractivity contribution >= 4 is 11.8 Å². The van der Waals surface area contributed by atoms with E-state index in [9.17, 15) is 4.79 Å². The van der Waals surface area contributed by atoms with Crippen LogP contribution in [0, 0.1) is 5.41 Å². The molecule has 0 radical (unpaired) electrons. The minimum absolute atomic E-state index is 0.0414. The van der Waals surface area contributed by atoms with Crippen molar-refractivity contribution in [1.29, 1.82) is 5.41 Å². The Bertz CT molecular complexity index is 373. The minimum atomic E-state index is -1.40. The van der Waals surface area contributed by atoms with Crippen LogP contribution in [-0.2, 0) is 11.2 Å². The highest BCUT2D eigenvalue weighted by molar-refractivity contribution is 5.94. The molecular weight excluding hydrogens is 196 g/mol. The van der Waals surface area contributed by atoms with Crippen LogP contribution in [0.3, 0.4) is 0 Å². The molecule has 1 aromatic carbocycles. The third-order valence-corrected chi connectivity index (χ3v) is 1.98. The number of carboxylic acids is 1. The Balaban J connectivity index is 2.72. The molecule has 15 heavy (non-hydrogen) atoms. The van der Waals surface area contributed by atoms with Gasteiger partial charge in [0, 0.05) is 12.0 Å². The topological polar surface area (TPSA) is 107 Å². The van der Waals surface area contributed by atoms with E-state index in [0.717, 1.165) is 0 Å². The molecule has 80 valence electrons. The van der Waals surface area contributed by atoms with Gasteiger partial charge in [-0.2, -0.15) is 0 Å².